The van der Waals surface area contributed by atoms with Crippen molar-refractivity contribution in [3.63, 3.8) is 0 Å². The second-order valence-corrected chi connectivity index (χ2v) is 5.99. The maximum Gasteiger partial charge on any atom is 0.225 e. The Morgan fingerprint density at radius 3 is 2.48 bits per heavy atom. The van der Waals surface area contributed by atoms with E-state index in [2.05, 4.69) is 35.5 Å². The number of hydrogen-bond donors (Lipinski definition) is 4. The van der Waals surface area contributed by atoms with E-state index in [0.29, 0.717) is 24.0 Å². The lowest BCUT2D eigenvalue weighted by molar-refractivity contribution is 0.529. The van der Waals surface area contributed by atoms with E-state index in [0.717, 1.165) is 16.9 Å². The number of pyridine rings is 1. The molecule has 0 spiro atoms. The summed E-state index contributed by atoms with van der Waals surface area (Å²) in [4.78, 5) is 12.9. The van der Waals surface area contributed by atoms with Gasteiger partial charge in [0.15, 0.2) is 5.82 Å². The fourth-order valence-electron chi connectivity index (χ4n) is 2.25. The first-order valence-corrected chi connectivity index (χ1v) is 9.18. The number of nitrogens with zero attached hydrogens (tertiary/aromatic N) is 4. The lowest BCUT2D eigenvalue weighted by atomic mass is 10.2. The Hall–Kier alpha value is -3.24. The Bertz CT molecular complexity index is 974. The van der Waals surface area contributed by atoms with E-state index in [9.17, 15) is 4.21 Å². The third kappa shape index (κ3) is 5.36. The summed E-state index contributed by atoms with van der Waals surface area (Å²) in [6, 6.07) is 12.3. The molecule has 27 heavy (non-hydrogen) atoms. The van der Waals surface area contributed by atoms with Crippen LogP contribution in [0, 0.1) is 0 Å². The van der Waals surface area contributed by atoms with Crippen LogP contribution in [0.2, 0.25) is 0 Å². The molecule has 0 aliphatic heterocycles. The Labute approximate surface area is 158 Å². The van der Waals surface area contributed by atoms with Crippen LogP contribution >= 0.6 is 0 Å². The summed E-state index contributed by atoms with van der Waals surface area (Å²) in [7, 11) is -2.22. The van der Waals surface area contributed by atoms with Gasteiger partial charge in [-0.25, -0.2) is 4.98 Å². The Kier molecular flexibility index (Phi) is 6.13. The van der Waals surface area contributed by atoms with E-state index in [-0.39, 0.29) is 0 Å². The maximum absolute atomic E-state index is 10.7. The van der Waals surface area contributed by atoms with Gasteiger partial charge in [0.25, 0.3) is 0 Å². The molecule has 0 aliphatic rings. The smallest absolute Gasteiger partial charge is 0.225 e. The summed E-state index contributed by atoms with van der Waals surface area (Å²) in [5.41, 5.74) is 8.90. The standard InChI is InChI=1S/C17H18N7O2S/c1-2-19-17-20-15(12-7-9-18-10-8-12)11-16(21-17)23-22-13-3-5-14(6-4-13)24-27(25)26/h3-11,22H,2H2,1H3,(H,24,25,26)(H2,19,20,21,23)/q-1. The van der Waals surface area contributed by atoms with Gasteiger partial charge in [-0.3, -0.25) is 15.8 Å². The predicted octanol–water partition coefficient (Wildman–Crippen LogP) is 3.66. The lowest BCUT2D eigenvalue weighted by Crippen LogP contribution is -2.12. The third-order valence-electron chi connectivity index (χ3n) is 3.42. The minimum atomic E-state index is -2.22. The van der Waals surface area contributed by atoms with Crippen molar-refractivity contribution in [3.05, 3.63) is 54.9 Å². The highest BCUT2D eigenvalue weighted by Gasteiger charge is 2.06. The lowest BCUT2D eigenvalue weighted by Gasteiger charge is -2.12. The van der Waals surface area contributed by atoms with Crippen molar-refractivity contribution in [2.24, 2.45) is 4.36 Å². The van der Waals surface area contributed by atoms with Gasteiger partial charge in [-0.1, -0.05) is 10.9 Å². The first-order valence-electron chi connectivity index (χ1n) is 8.12. The molecule has 0 saturated carbocycles. The van der Waals surface area contributed by atoms with Crippen LogP contribution in [0.5, 0.6) is 0 Å². The van der Waals surface area contributed by atoms with Gasteiger partial charge in [0.2, 0.25) is 5.95 Å². The van der Waals surface area contributed by atoms with E-state index in [1.807, 2.05) is 25.1 Å². The average molecular weight is 384 g/mol. The van der Waals surface area contributed by atoms with Crippen molar-refractivity contribution >= 4 is 34.0 Å². The molecule has 9 nitrogen and oxygen atoms in total. The SMILES string of the molecule is CCNc1nc(NNc2ccc(N=[S-](=O)O)cc2)cc(-c2ccncc2)n1. The molecule has 3 aromatic rings. The number of benzene rings is 1. The molecule has 0 unspecified atom stereocenters. The fraction of sp³-hybridized carbons (Fsp3) is 0.118. The topological polar surface area (TPSA) is 124 Å². The van der Waals surface area contributed by atoms with Crippen molar-refractivity contribution in [3.8, 4) is 11.3 Å². The number of rotatable bonds is 7. The quantitative estimate of drug-likeness (QED) is 0.276. The van der Waals surface area contributed by atoms with Crippen LogP contribution < -0.4 is 16.2 Å². The molecule has 0 atom stereocenters. The number of hydrogen-bond acceptors (Lipinski definition) is 9. The molecule has 0 bridgehead atoms. The molecule has 4 N–H and O–H groups in total. The Morgan fingerprint density at radius 1 is 1.07 bits per heavy atom. The third-order valence-corrected chi connectivity index (χ3v) is 3.79. The summed E-state index contributed by atoms with van der Waals surface area (Å²) < 4.78 is 23.0. The molecule has 2 aromatic heterocycles. The zero-order valence-electron chi connectivity index (χ0n) is 14.5. The van der Waals surface area contributed by atoms with Crippen LogP contribution in [0.3, 0.4) is 0 Å². The van der Waals surface area contributed by atoms with Crippen LogP contribution in [-0.2, 0) is 15.1 Å². The van der Waals surface area contributed by atoms with Gasteiger partial charge in [0.05, 0.1) is 11.4 Å². The molecule has 10 heteroatoms. The molecule has 0 aliphatic carbocycles. The van der Waals surface area contributed by atoms with E-state index in [1.165, 1.54) is 0 Å². The number of aromatic nitrogens is 3. The van der Waals surface area contributed by atoms with Crippen LogP contribution in [0.1, 0.15) is 6.92 Å². The highest BCUT2D eigenvalue weighted by atomic mass is 32.2. The molecule has 2 heterocycles. The van der Waals surface area contributed by atoms with Crippen LogP contribution in [0.25, 0.3) is 11.3 Å². The largest absolute Gasteiger partial charge is 0.454 e. The first-order chi connectivity index (χ1) is 13.1. The van der Waals surface area contributed by atoms with Gasteiger partial charge < -0.3 is 18.4 Å². The zero-order valence-corrected chi connectivity index (χ0v) is 15.3. The average Bonchev–Trinajstić information content (AvgIpc) is 2.68. The summed E-state index contributed by atoms with van der Waals surface area (Å²) >= 11 is 0. The Morgan fingerprint density at radius 2 is 1.81 bits per heavy atom. The van der Waals surface area contributed by atoms with Crippen molar-refractivity contribution < 1.29 is 8.76 Å². The van der Waals surface area contributed by atoms with Gasteiger partial charge in [0.1, 0.15) is 0 Å². The van der Waals surface area contributed by atoms with Crippen molar-refractivity contribution in [1.29, 1.82) is 0 Å². The summed E-state index contributed by atoms with van der Waals surface area (Å²) in [5, 5.41) is 3.11. The second-order valence-electron chi connectivity index (χ2n) is 5.35. The first kappa shape index (κ1) is 18.5. The molecule has 1 aromatic carbocycles. The van der Waals surface area contributed by atoms with E-state index < -0.39 is 10.9 Å². The van der Waals surface area contributed by atoms with Crippen molar-refractivity contribution in [2.45, 2.75) is 6.92 Å². The second kappa shape index (κ2) is 8.92. The monoisotopic (exact) mass is 384 g/mol. The summed E-state index contributed by atoms with van der Waals surface area (Å²) in [5.74, 6) is 1.09. The highest BCUT2D eigenvalue weighted by Crippen LogP contribution is 2.21. The van der Waals surface area contributed by atoms with E-state index in [1.54, 1.807) is 36.7 Å². The van der Waals surface area contributed by atoms with Crippen LogP contribution in [0.15, 0.2) is 59.2 Å². The molecular formula is C17H18N7O2S-. The van der Waals surface area contributed by atoms with E-state index >= 15 is 0 Å². The van der Waals surface area contributed by atoms with Crippen LogP contribution in [0.4, 0.5) is 23.1 Å². The van der Waals surface area contributed by atoms with E-state index in [4.69, 9.17) is 4.55 Å². The maximum atomic E-state index is 10.7. The number of nitrogens with one attached hydrogen (secondary N) is 3. The Balaban J connectivity index is 1.78. The van der Waals surface area contributed by atoms with Crippen molar-refractivity contribution in [1.82, 2.24) is 15.0 Å². The minimum Gasteiger partial charge on any atom is -0.454 e. The molecule has 3 rings (SSSR count). The van der Waals surface area contributed by atoms with Crippen molar-refractivity contribution in [2.75, 3.05) is 22.7 Å². The normalized spacial score (nSPS) is 11.8. The minimum absolute atomic E-state index is 0.415. The number of hydrazine groups is 1. The van der Waals surface area contributed by atoms with Gasteiger partial charge in [-0.05, 0) is 43.3 Å². The van der Waals surface area contributed by atoms with Gasteiger partial charge in [0, 0.05) is 36.3 Å². The van der Waals surface area contributed by atoms with Crippen LogP contribution in [-0.4, -0.2) is 26.0 Å². The fourth-order valence-corrected chi connectivity index (χ4v) is 2.55. The molecule has 140 valence electrons. The molecule has 0 saturated heterocycles. The van der Waals surface area contributed by atoms with Gasteiger partial charge in [-0.2, -0.15) is 4.98 Å². The predicted molar refractivity (Wildman–Crippen MR) is 106 cm³/mol. The van der Waals surface area contributed by atoms with Gasteiger partial charge in [-0.15, -0.1) is 0 Å². The number of anilines is 3. The molecule has 0 amide bonds. The highest BCUT2D eigenvalue weighted by molar-refractivity contribution is 7.68. The summed E-state index contributed by atoms with van der Waals surface area (Å²) in [6.07, 6.45) is 3.42. The molecule has 0 fully saturated rings. The molecule has 0 radical (unpaired) electrons. The van der Waals surface area contributed by atoms with Gasteiger partial charge >= 0.3 is 0 Å². The zero-order chi connectivity index (χ0) is 19.1. The molecular weight excluding hydrogens is 366 g/mol. The summed E-state index contributed by atoms with van der Waals surface area (Å²) in [6.45, 7) is 2.67.